The average Bonchev–Trinajstić information content (AvgIpc) is 2.80. The normalized spacial score (nSPS) is 23.6. The Balaban J connectivity index is 1.73. The number of hydrogen-bond acceptors (Lipinski definition) is 4. The summed E-state index contributed by atoms with van der Waals surface area (Å²) in [6, 6.07) is 6.65. The quantitative estimate of drug-likeness (QED) is 0.483. The van der Waals surface area contributed by atoms with Gasteiger partial charge < -0.3 is 4.74 Å². The molecule has 2 atom stereocenters. The van der Waals surface area contributed by atoms with E-state index in [2.05, 4.69) is 0 Å². The van der Waals surface area contributed by atoms with Gasteiger partial charge >= 0.3 is 0 Å². The van der Waals surface area contributed by atoms with Crippen LogP contribution in [-0.4, -0.2) is 36.2 Å². The number of fused-ring (bicyclic) bond motifs is 1. The van der Waals surface area contributed by atoms with Gasteiger partial charge in [-0.15, -0.1) is 0 Å². The van der Waals surface area contributed by atoms with Crippen LogP contribution < -0.4 is 4.74 Å². The topological polar surface area (TPSA) is 63.7 Å². The van der Waals surface area contributed by atoms with Crippen molar-refractivity contribution in [3.8, 4) is 5.75 Å². The fourth-order valence-electron chi connectivity index (χ4n) is 3.04. The van der Waals surface area contributed by atoms with Crippen LogP contribution >= 0.6 is 0 Å². The highest BCUT2D eigenvalue weighted by Gasteiger charge is 2.47. The molecule has 1 saturated heterocycles. The molecule has 22 heavy (non-hydrogen) atoms. The summed E-state index contributed by atoms with van der Waals surface area (Å²) in [6.07, 6.45) is 5.03. The van der Waals surface area contributed by atoms with Crippen LogP contribution in [0.1, 0.15) is 23.2 Å². The van der Waals surface area contributed by atoms with E-state index in [0.717, 1.165) is 4.90 Å². The molecule has 0 radical (unpaired) electrons. The number of nitrogens with zero attached hydrogens (tertiary/aromatic N) is 1. The molecular formula is C17H17NO4. The Bertz CT molecular complexity index is 621. The van der Waals surface area contributed by atoms with Gasteiger partial charge in [0.2, 0.25) is 11.8 Å². The summed E-state index contributed by atoms with van der Waals surface area (Å²) in [5, 5.41) is 0. The van der Waals surface area contributed by atoms with E-state index >= 15 is 0 Å². The Morgan fingerprint density at radius 2 is 1.64 bits per heavy atom. The third kappa shape index (κ3) is 2.43. The number of likely N-dealkylation sites (tertiary alicyclic amines) is 1. The van der Waals surface area contributed by atoms with E-state index < -0.39 is 0 Å². The third-order valence-electron chi connectivity index (χ3n) is 4.31. The molecule has 2 amide bonds. The summed E-state index contributed by atoms with van der Waals surface area (Å²) in [5.74, 6) is -0.609. The second-order valence-corrected chi connectivity index (χ2v) is 5.57. The van der Waals surface area contributed by atoms with E-state index in [-0.39, 0.29) is 36.0 Å². The lowest BCUT2D eigenvalue weighted by Crippen LogP contribution is -2.36. The lowest BCUT2D eigenvalue weighted by atomic mass is 9.85. The van der Waals surface area contributed by atoms with Crippen LogP contribution in [0.15, 0.2) is 36.4 Å². The van der Waals surface area contributed by atoms with Crippen molar-refractivity contribution in [3.63, 3.8) is 0 Å². The Labute approximate surface area is 128 Å². The SMILES string of the molecule is COc1ccc(C(=O)CN2C(=O)[C@@H]3CC=CC[C@H]3C2=O)cc1. The standard InChI is InChI=1S/C17H17NO4/c1-22-12-8-6-11(7-9-12)15(19)10-18-16(20)13-4-2-3-5-14(13)17(18)21/h2-3,6-9,13-14H,4-5,10H2,1H3/t13-,14-/m1/s1. The molecule has 0 unspecified atom stereocenters. The van der Waals surface area contributed by atoms with Gasteiger partial charge in [0.15, 0.2) is 5.78 Å². The molecule has 1 aromatic rings. The zero-order chi connectivity index (χ0) is 15.7. The Hall–Kier alpha value is -2.43. The first-order chi connectivity index (χ1) is 10.6. The summed E-state index contributed by atoms with van der Waals surface area (Å²) in [6.45, 7) is -0.184. The van der Waals surface area contributed by atoms with Crippen LogP contribution in [0.4, 0.5) is 0 Å². The van der Waals surface area contributed by atoms with Gasteiger partial charge in [-0.25, -0.2) is 0 Å². The van der Waals surface area contributed by atoms with Gasteiger partial charge in [0.25, 0.3) is 0 Å². The molecule has 1 aliphatic heterocycles. The number of rotatable bonds is 4. The number of amides is 2. The molecule has 1 aliphatic carbocycles. The Kier molecular flexibility index (Phi) is 3.79. The fraction of sp³-hybridized carbons (Fsp3) is 0.353. The predicted molar refractivity (Wildman–Crippen MR) is 79.4 cm³/mol. The van der Waals surface area contributed by atoms with Crippen molar-refractivity contribution in [1.29, 1.82) is 0 Å². The molecular weight excluding hydrogens is 282 g/mol. The first kappa shape index (κ1) is 14.5. The second-order valence-electron chi connectivity index (χ2n) is 5.57. The van der Waals surface area contributed by atoms with Crippen molar-refractivity contribution < 1.29 is 19.1 Å². The zero-order valence-corrected chi connectivity index (χ0v) is 12.3. The predicted octanol–water partition coefficient (Wildman–Crippen LogP) is 1.83. The average molecular weight is 299 g/mol. The van der Waals surface area contributed by atoms with Crippen molar-refractivity contribution in [2.24, 2.45) is 11.8 Å². The smallest absolute Gasteiger partial charge is 0.233 e. The maximum Gasteiger partial charge on any atom is 0.233 e. The van der Waals surface area contributed by atoms with Gasteiger partial charge in [0, 0.05) is 5.56 Å². The number of carbonyl (C=O) groups excluding carboxylic acids is 3. The molecule has 3 rings (SSSR count). The van der Waals surface area contributed by atoms with Gasteiger partial charge in [-0.2, -0.15) is 0 Å². The molecule has 1 heterocycles. The first-order valence-electron chi connectivity index (χ1n) is 7.29. The van der Waals surface area contributed by atoms with E-state index in [1.165, 1.54) is 0 Å². The summed E-state index contributed by atoms with van der Waals surface area (Å²) in [5.41, 5.74) is 0.467. The second kappa shape index (κ2) is 5.75. The number of Topliss-reactive ketones (excluding diaryl/α,β-unsaturated/α-hetero) is 1. The fourth-order valence-corrected chi connectivity index (χ4v) is 3.04. The van der Waals surface area contributed by atoms with E-state index in [1.807, 2.05) is 12.2 Å². The molecule has 0 bridgehead atoms. The van der Waals surface area contributed by atoms with E-state index in [0.29, 0.717) is 24.2 Å². The van der Waals surface area contributed by atoms with Crippen LogP contribution in [-0.2, 0) is 9.59 Å². The lowest BCUT2D eigenvalue weighted by molar-refractivity contribution is -0.139. The van der Waals surface area contributed by atoms with Crippen molar-refractivity contribution >= 4 is 17.6 Å². The highest BCUT2D eigenvalue weighted by molar-refractivity contribution is 6.10. The Morgan fingerprint density at radius 1 is 1.09 bits per heavy atom. The summed E-state index contributed by atoms with van der Waals surface area (Å²) in [7, 11) is 1.55. The zero-order valence-electron chi connectivity index (χ0n) is 12.3. The largest absolute Gasteiger partial charge is 0.497 e. The summed E-state index contributed by atoms with van der Waals surface area (Å²) >= 11 is 0. The molecule has 1 aromatic carbocycles. The van der Waals surface area contributed by atoms with Crippen LogP contribution in [0.25, 0.3) is 0 Å². The molecule has 1 fully saturated rings. The lowest BCUT2D eigenvalue weighted by Gasteiger charge is -2.14. The highest BCUT2D eigenvalue weighted by atomic mass is 16.5. The van der Waals surface area contributed by atoms with Gasteiger partial charge in [0.1, 0.15) is 5.75 Å². The number of ketones is 1. The third-order valence-corrected chi connectivity index (χ3v) is 4.31. The number of benzene rings is 1. The molecule has 114 valence electrons. The van der Waals surface area contributed by atoms with Crippen LogP contribution in [0, 0.1) is 11.8 Å². The molecule has 0 saturated carbocycles. The van der Waals surface area contributed by atoms with Crippen molar-refractivity contribution in [2.45, 2.75) is 12.8 Å². The van der Waals surface area contributed by atoms with Crippen molar-refractivity contribution in [2.75, 3.05) is 13.7 Å². The number of methoxy groups -OCH3 is 1. The van der Waals surface area contributed by atoms with E-state index in [4.69, 9.17) is 4.74 Å². The number of ether oxygens (including phenoxy) is 1. The van der Waals surface area contributed by atoms with Crippen molar-refractivity contribution in [3.05, 3.63) is 42.0 Å². The Morgan fingerprint density at radius 3 is 2.14 bits per heavy atom. The summed E-state index contributed by atoms with van der Waals surface area (Å²) in [4.78, 5) is 38.0. The van der Waals surface area contributed by atoms with Crippen molar-refractivity contribution in [1.82, 2.24) is 4.90 Å². The maximum absolute atomic E-state index is 12.3. The molecule has 5 nitrogen and oxygen atoms in total. The first-order valence-corrected chi connectivity index (χ1v) is 7.29. The van der Waals surface area contributed by atoms with Crippen LogP contribution in [0.5, 0.6) is 5.75 Å². The molecule has 2 aliphatic rings. The minimum absolute atomic E-state index is 0.184. The molecule has 0 spiro atoms. The van der Waals surface area contributed by atoms with E-state index in [1.54, 1.807) is 31.4 Å². The highest BCUT2D eigenvalue weighted by Crippen LogP contribution is 2.35. The number of carbonyl (C=O) groups is 3. The van der Waals surface area contributed by atoms with Gasteiger partial charge in [-0.05, 0) is 37.1 Å². The maximum atomic E-state index is 12.3. The van der Waals surface area contributed by atoms with Gasteiger partial charge in [0.05, 0.1) is 25.5 Å². The minimum Gasteiger partial charge on any atom is -0.497 e. The minimum atomic E-state index is -0.291. The molecule has 0 N–H and O–H groups in total. The van der Waals surface area contributed by atoms with Crippen LogP contribution in [0.3, 0.4) is 0 Å². The number of allylic oxidation sites excluding steroid dienone is 2. The summed E-state index contributed by atoms with van der Waals surface area (Å²) < 4.78 is 5.04. The number of hydrogen-bond donors (Lipinski definition) is 0. The molecule has 0 aromatic heterocycles. The van der Waals surface area contributed by atoms with Gasteiger partial charge in [-0.3, -0.25) is 19.3 Å². The van der Waals surface area contributed by atoms with Gasteiger partial charge in [-0.1, -0.05) is 12.2 Å². The monoisotopic (exact) mass is 299 g/mol. The number of imide groups is 1. The van der Waals surface area contributed by atoms with E-state index in [9.17, 15) is 14.4 Å². The molecule has 5 heteroatoms. The van der Waals surface area contributed by atoms with Crippen LogP contribution in [0.2, 0.25) is 0 Å².